The zero-order chi connectivity index (χ0) is 51.7. The fourth-order valence-corrected chi connectivity index (χ4v) is 10.5. The van der Waals surface area contributed by atoms with E-state index in [0.717, 1.165) is 78.4 Å². The summed E-state index contributed by atoms with van der Waals surface area (Å²) < 4.78 is 13.6. The van der Waals surface area contributed by atoms with Crippen LogP contribution in [0.15, 0.2) is 194 Å². The molecule has 0 radical (unpaired) electrons. The van der Waals surface area contributed by atoms with Crippen LogP contribution in [0.3, 0.4) is 0 Å². The van der Waals surface area contributed by atoms with Gasteiger partial charge in [0.15, 0.2) is 0 Å². The molecule has 0 aliphatic heterocycles. The van der Waals surface area contributed by atoms with Crippen molar-refractivity contribution in [1.29, 1.82) is 0 Å². The fourth-order valence-electron chi connectivity index (χ4n) is 10.5. The zero-order valence-corrected chi connectivity index (χ0v) is 44.7. The van der Waals surface area contributed by atoms with Crippen LogP contribution in [0.25, 0.3) is 83.4 Å². The molecule has 3 heterocycles. The average Bonchev–Trinajstić information content (AvgIpc) is 3.94. The third kappa shape index (κ3) is 8.99. The number of rotatable bonds is 9. The van der Waals surface area contributed by atoms with Gasteiger partial charge in [0.2, 0.25) is 0 Å². The molecule has 0 atom stereocenters. The first kappa shape index (κ1) is 48.3. The number of nitrogens with zero attached hydrogens (tertiary/aromatic N) is 4. The third-order valence-corrected chi connectivity index (χ3v) is 14.7. The molecule has 0 bridgehead atoms. The number of para-hydroxylation sites is 4. The summed E-state index contributed by atoms with van der Waals surface area (Å²) in [6.07, 6.45) is 5.95. The van der Waals surface area contributed by atoms with Gasteiger partial charge in [-0.25, -0.2) is 4.98 Å². The zero-order valence-electron chi connectivity index (χ0n) is 44.7. The number of hydrogen-bond acceptors (Lipinski definition) is 2. The first-order valence-electron chi connectivity index (χ1n) is 26.1. The van der Waals surface area contributed by atoms with Crippen LogP contribution < -0.4 is 9.30 Å². The van der Waals surface area contributed by atoms with Crippen molar-refractivity contribution in [3.05, 3.63) is 223 Å². The van der Waals surface area contributed by atoms with E-state index in [-0.39, 0.29) is 22.2 Å². The van der Waals surface area contributed by atoms with E-state index in [1.165, 1.54) is 38.8 Å². The lowest BCUT2D eigenvalue weighted by Gasteiger charge is -2.27. The van der Waals surface area contributed by atoms with E-state index in [1.54, 1.807) is 0 Å². The Hall–Kier alpha value is -8.02. The Bertz CT molecular complexity index is 3860. The predicted molar refractivity (Wildman–Crippen MR) is 309 cm³/mol. The Labute approximate surface area is 437 Å². The number of pyridine rings is 1. The lowest BCUT2D eigenvalue weighted by atomic mass is 9.78. The van der Waals surface area contributed by atoms with Crippen molar-refractivity contribution in [3.8, 4) is 62.1 Å². The molecule has 0 saturated carbocycles. The molecule has 0 N–H and O–H groups in total. The van der Waals surface area contributed by atoms with Gasteiger partial charge in [0, 0.05) is 28.6 Å². The summed E-state index contributed by atoms with van der Waals surface area (Å²) in [6.45, 7) is 25.1. The Kier molecular flexibility index (Phi) is 12.1. The van der Waals surface area contributed by atoms with Gasteiger partial charge in [-0.1, -0.05) is 216 Å². The van der Waals surface area contributed by atoms with E-state index in [2.05, 4.69) is 284 Å². The van der Waals surface area contributed by atoms with Gasteiger partial charge in [0.05, 0.1) is 33.4 Å². The van der Waals surface area contributed by atoms with Gasteiger partial charge >= 0.3 is 0 Å². The summed E-state index contributed by atoms with van der Waals surface area (Å²) in [6, 6.07) is 67.9. The molecule has 5 nitrogen and oxygen atoms in total. The van der Waals surface area contributed by atoms with Gasteiger partial charge in [-0.2, -0.15) is 0 Å². The summed E-state index contributed by atoms with van der Waals surface area (Å²) >= 11 is 0. The van der Waals surface area contributed by atoms with Crippen LogP contribution >= 0.6 is 0 Å². The molecule has 0 fully saturated rings. The minimum atomic E-state index is -0.0407. The Morgan fingerprint density at radius 2 is 1.07 bits per heavy atom. The van der Waals surface area contributed by atoms with Crippen molar-refractivity contribution in [2.75, 3.05) is 0 Å². The molecule has 0 aliphatic rings. The maximum Gasteiger partial charge on any atom is 0.269 e. The minimum Gasteiger partial charge on any atom is -0.458 e. The second kappa shape index (κ2) is 18.5. The maximum absolute atomic E-state index is 6.87. The van der Waals surface area contributed by atoms with Crippen LogP contribution in [0, 0.1) is 6.33 Å². The first-order chi connectivity index (χ1) is 35.4. The molecule has 8 aromatic carbocycles. The molecule has 74 heavy (non-hydrogen) atoms. The number of ether oxygens (including phenoxy) is 1. The van der Waals surface area contributed by atoms with E-state index in [1.807, 2.05) is 6.07 Å². The van der Waals surface area contributed by atoms with Crippen LogP contribution in [0.5, 0.6) is 11.5 Å². The molecule has 368 valence electrons. The monoisotopic (exact) mass is 967 g/mol. The van der Waals surface area contributed by atoms with Crippen LogP contribution in [0.2, 0.25) is 0 Å². The van der Waals surface area contributed by atoms with Gasteiger partial charge in [-0.3, -0.25) is 13.7 Å². The topological polar surface area (TPSA) is 35.9 Å². The Morgan fingerprint density at radius 1 is 0.473 bits per heavy atom. The molecular weight excluding hydrogens is 901 g/mol. The summed E-state index contributed by atoms with van der Waals surface area (Å²) in [5, 5.41) is 2.31. The van der Waals surface area contributed by atoms with E-state index in [0.29, 0.717) is 0 Å². The smallest absolute Gasteiger partial charge is 0.269 e. The lowest BCUT2D eigenvalue weighted by Crippen LogP contribution is -2.31. The van der Waals surface area contributed by atoms with E-state index < -0.39 is 0 Å². The Balaban J connectivity index is 1.01. The number of benzene rings is 8. The van der Waals surface area contributed by atoms with Crippen molar-refractivity contribution >= 4 is 32.8 Å². The lowest BCUT2D eigenvalue weighted by molar-refractivity contribution is -0.571. The van der Waals surface area contributed by atoms with Crippen molar-refractivity contribution in [2.45, 2.75) is 98.3 Å². The molecule has 0 saturated heterocycles. The van der Waals surface area contributed by atoms with Crippen LogP contribution in [0.1, 0.15) is 104 Å². The molecule has 0 amide bonds. The Morgan fingerprint density at radius 3 is 1.76 bits per heavy atom. The average molecular weight is 967 g/mol. The second-order valence-corrected chi connectivity index (χ2v) is 23.4. The highest BCUT2D eigenvalue weighted by Gasteiger charge is 2.25. The number of hydrogen-bond donors (Lipinski definition) is 0. The minimum absolute atomic E-state index is 0.0407. The van der Waals surface area contributed by atoms with Gasteiger partial charge in [0.25, 0.3) is 6.33 Å². The normalized spacial score (nSPS) is 12.4. The highest BCUT2D eigenvalue weighted by Crippen LogP contribution is 2.41. The summed E-state index contributed by atoms with van der Waals surface area (Å²) in [7, 11) is 0. The van der Waals surface area contributed by atoms with E-state index in [9.17, 15) is 0 Å². The van der Waals surface area contributed by atoms with Crippen molar-refractivity contribution < 1.29 is 9.30 Å². The SMILES string of the molecule is CC(C)c1cc(-n2c3ccccc3c3ccc(Oc4cccc(-n5[c-][n+](-c6c(-c7ccccc7)cccc6-c6cc(C(C)(C)C)cc(C(C)(C)C)c6)c6ccccc65)c4)cc32)ncc1-c1ccc(C(C)(C)C)cc1. The molecule has 3 aromatic heterocycles. The van der Waals surface area contributed by atoms with Crippen molar-refractivity contribution in [2.24, 2.45) is 0 Å². The van der Waals surface area contributed by atoms with Crippen molar-refractivity contribution in [1.82, 2.24) is 14.1 Å². The molecule has 11 rings (SSSR count). The van der Waals surface area contributed by atoms with Crippen LogP contribution in [0.4, 0.5) is 0 Å². The van der Waals surface area contributed by atoms with Gasteiger partial charge in [0.1, 0.15) is 17.3 Å². The summed E-state index contributed by atoms with van der Waals surface area (Å²) in [5.74, 6) is 2.63. The maximum atomic E-state index is 6.87. The highest BCUT2D eigenvalue weighted by molar-refractivity contribution is 6.09. The largest absolute Gasteiger partial charge is 0.458 e. The molecule has 5 heteroatoms. The standard InChI is InChI=1S/C69H66N4O/c1-45(2)59-42-65(70-43-60(59)47-31-33-49(34-32-47)67(3,4)5)73-61-28-16-15-25-57(61)58-36-35-54(41-64(58)73)74-53-24-19-23-52(40-53)71-44-72(63-30-18-17-29-62(63)71)66-55(46-21-13-12-14-22-46)26-20-27-56(66)48-37-50(68(6,7)8)39-51(38-48)69(9,10)11/h12-43,45H,1-11H3. The number of fused-ring (bicyclic) bond motifs is 4. The predicted octanol–water partition coefficient (Wildman–Crippen LogP) is 18.0. The summed E-state index contributed by atoms with van der Waals surface area (Å²) in [4.78, 5) is 5.21. The van der Waals surface area contributed by atoms with E-state index in [4.69, 9.17) is 9.72 Å². The second-order valence-electron chi connectivity index (χ2n) is 23.4. The molecular formula is C69H66N4O. The fraction of sp³-hybridized carbons (Fsp3) is 0.217. The third-order valence-electron chi connectivity index (χ3n) is 14.7. The van der Waals surface area contributed by atoms with Gasteiger partial charge < -0.3 is 4.74 Å². The van der Waals surface area contributed by atoms with Crippen molar-refractivity contribution in [3.63, 3.8) is 0 Å². The van der Waals surface area contributed by atoms with E-state index >= 15 is 0 Å². The first-order valence-corrected chi connectivity index (χ1v) is 26.1. The molecule has 0 unspecified atom stereocenters. The number of aromatic nitrogens is 4. The number of imidazole rings is 1. The molecule has 0 spiro atoms. The quantitative estimate of drug-likeness (QED) is 0.107. The molecule has 0 aliphatic carbocycles. The van der Waals surface area contributed by atoms with Gasteiger partial charge in [-0.15, -0.1) is 0 Å². The van der Waals surface area contributed by atoms with Crippen LogP contribution in [-0.4, -0.2) is 14.1 Å². The van der Waals surface area contributed by atoms with Crippen LogP contribution in [-0.2, 0) is 16.2 Å². The summed E-state index contributed by atoms with van der Waals surface area (Å²) in [5.41, 5.74) is 18.4. The van der Waals surface area contributed by atoms with Gasteiger partial charge in [-0.05, 0) is 115 Å². The highest BCUT2D eigenvalue weighted by atomic mass is 16.5. The molecule has 11 aromatic rings.